The molecule has 90 valence electrons. The molecule has 6 nitrogen and oxygen atoms in total. The van der Waals surface area contributed by atoms with Crippen LogP contribution in [0.5, 0.6) is 11.5 Å². The van der Waals surface area contributed by atoms with Crippen molar-refractivity contribution in [2.45, 2.75) is 20.0 Å². The van der Waals surface area contributed by atoms with Crippen LogP contribution in [0.3, 0.4) is 0 Å². The average Bonchev–Trinajstić information content (AvgIpc) is 2.70. The molecule has 0 fully saturated rings. The van der Waals surface area contributed by atoms with Crippen molar-refractivity contribution in [3.63, 3.8) is 0 Å². The fourth-order valence-corrected chi connectivity index (χ4v) is 1.41. The fourth-order valence-electron chi connectivity index (χ4n) is 1.41. The van der Waals surface area contributed by atoms with Gasteiger partial charge in [0.05, 0.1) is 6.54 Å². The minimum Gasteiger partial charge on any atom is -0.504 e. The number of nitrogens with zero attached hydrogens (tertiary/aromatic N) is 2. The summed E-state index contributed by atoms with van der Waals surface area (Å²) < 4.78 is 4.83. The molecule has 2 rings (SSSR count). The van der Waals surface area contributed by atoms with E-state index in [1.165, 1.54) is 12.1 Å². The number of rotatable bonds is 4. The van der Waals surface area contributed by atoms with E-state index in [0.29, 0.717) is 24.8 Å². The summed E-state index contributed by atoms with van der Waals surface area (Å²) >= 11 is 0. The molecule has 3 N–H and O–H groups in total. The second-order valence-electron chi connectivity index (χ2n) is 3.66. The van der Waals surface area contributed by atoms with Crippen molar-refractivity contribution in [1.29, 1.82) is 0 Å². The minimum absolute atomic E-state index is 0.123. The Hall–Kier alpha value is -2.08. The first-order valence-corrected chi connectivity index (χ1v) is 5.16. The number of hydrogen-bond donors (Lipinski definition) is 3. The van der Waals surface area contributed by atoms with Crippen molar-refractivity contribution < 1.29 is 14.7 Å². The van der Waals surface area contributed by atoms with Crippen LogP contribution in [0.25, 0.3) is 0 Å². The molecule has 0 aliphatic rings. The van der Waals surface area contributed by atoms with Gasteiger partial charge in [-0.3, -0.25) is 0 Å². The molecule has 1 heterocycles. The molecule has 0 amide bonds. The van der Waals surface area contributed by atoms with E-state index in [9.17, 15) is 5.11 Å². The Morgan fingerprint density at radius 1 is 1.24 bits per heavy atom. The fraction of sp³-hybridized carbons (Fsp3) is 0.273. The van der Waals surface area contributed by atoms with Crippen LogP contribution in [-0.4, -0.2) is 20.4 Å². The zero-order valence-corrected chi connectivity index (χ0v) is 9.34. The van der Waals surface area contributed by atoms with Crippen LogP contribution in [0.1, 0.15) is 17.3 Å². The molecule has 0 atom stereocenters. The Labute approximate surface area is 97.9 Å². The van der Waals surface area contributed by atoms with E-state index in [2.05, 4.69) is 15.5 Å². The highest BCUT2D eigenvalue weighted by molar-refractivity contribution is 5.40. The first-order valence-electron chi connectivity index (χ1n) is 5.16. The molecule has 17 heavy (non-hydrogen) atoms. The van der Waals surface area contributed by atoms with Gasteiger partial charge >= 0.3 is 0 Å². The smallest absolute Gasteiger partial charge is 0.223 e. The van der Waals surface area contributed by atoms with Gasteiger partial charge in [0.15, 0.2) is 17.3 Å². The Morgan fingerprint density at radius 3 is 2.71 bits per heavy atom. The maximum atomic E-state index is 9.30. The summed E-state index contributed by atoms with van der Waals surface area (Å²) in [6.07, 6.45) is 0. The maximum Gasteiger partial charge on any atom is 0.223 e. The largest absolute Gasteiger partial charge is 0.504 e. The van der Waals surface area contributed by atoms with Gasteiger partial charge in [0.1, 0.15) is 0 Å². The van der Waals surface area contributed by atoms with Gasteiger partial charge in [0.2, 0.25) is 5.89 Å². The SMILES string of the molecule is Cc1nc(CNCc2ccc(O)c(O)c2)no1. The molecule has 6 heteroatoms. The molecular formula is C11H13N3O3. The van der Waals surface area contributed by atoms with Gasteiger partial charge in [0, 0.05) is 13.5 Å². The van der Waals surface area contributed by atoms with Crippen LogP contribution in [-0.2, 0) is 13.1 Å². The second kappa shape index (κ2) is 4.84. The lowest BCUT2D eigenvalue weighted by Gasteiger charge is -2.04. The van der Waals surface area contributed by atoms with Gasteiger partial charge in [-0.1, -0.05) is 11.2 Å². The van der Waals surface area contributed by atoms with E-state index in [0.717, 1.165) is 5.56 Å². The van der Waals surface area contributed by atoms with Gasteiger partial charge < -0.3 is 20.1 Å². The summed E-state index contributed by atoms with van der Waals surface area (Å²) in [5, 5.41) is 25.3. The van der Waals surface area contributed by atoms with Gasteiger partial charge in [-0.05, 0) is 17.7 Å². The molecule has 2 aromatic rings. The van der Waals surface area contributed by atoms with Crippen LogP contribution in [0.2, 0.25) is 0 Å². The molecule has 0 aliphatic heterocycles. The summed E-state index contributed by atoms with van der Waals surface area (Å²) in [7, 11) is 0. The lowest BCUT2D eigenvalue weighted by molar-refractivity contribution is 0.385. The highest BCUT2D eigenvalue weighted by Gasteiger charge is 2.03. The molecular weight excluding hydrogens is 222 g/mol. The van der Waals surface area contributed by atoms with Crippen LogP contribution < -0.4 is 5.32 Å². The molecule has 0 spiro atoms. The number of aryl methyl sites for hydroxylation is 1. The number of nitrogens with one attached hydrogen (secondary N) is 1. The lowest BCUT2D eigenvalue weighted by atomic mass is 10.2. The lowest BCUT2D eigenvalue weighted by Crippen LogP contribution is -2.13. The third kappa shape index (κ3) is 2.94. The summed E-state index contributed by atoms with van der Waals surface area (Å²) in [5.41, 5.74) is 0.862. The maximum absolute atomic E-state index is 9.30. The van der Waals surface area contributed by atoms with Crippen LogP contribution in [0.15, 0.2) is 22.7 Å². The van der Waals surface area contributed by atoms with Gasteiger partial charge in [-0.2, -0.15) is 4.98 Å². The van der Waals surface area contributed by atoms with Crippen LogP contribution in [0, 0.1) is 6.92 Å². The van der Waals surface area contributed by atoms with Crippen molar-refractivity contribution in [3.05, 3.63) is 35.5 Å². The third-order valence-corrected chi connectivity index (χ3v) is 2.22. The van der Waals surface area contributed by atoms with Crippen molar-refractivity contribution in [3.8, 4) is 11.5 Å². The number of phenolic OH excluding ortho intramolecular Hbond substituents is 2. The number of phenols is 2. The van der Waals surface area contributed by atoms with Gasteiger partial charge in [-0.25, -0.2) is 0 Å². The van der Waals surface area contributed by atoms with Crippen molar-refractivity contribution in [1.82, 2.24) is 15.5 Å². The van der Waals surface area contributed by atoms with Gasteiger partial charge in [-0.15, -0.1) is 0 Å². The topological polar surface area (TPSA) is 91.4 Å². The predicted octanol–water partition coefficient (Wildman–Crippen LogP) is 1.08. The minimum atomic E-state index is -0.125. The normalized spacial score (nSPS) is 10.6. The standard InChI is InChI=1S/C11H13N3O3/c1-7-13-11(14-17-7)6-12-5-8-2-3-9(15)10(16)4-8/h2-4,12,15-16H,5-6H2,1H3. The number of hydrogen-bond acceptors (Lipinski definition) is 6. The molecule has 0 aliphatic carbocycles. The van der Waals surface area contributed by atoms with Crippen LogP contribution >= 0.6 is 0 Å². The summed E-state index contributed by atoms with van der Waals surface area (Å²) in [5.74, 6) is 0.872. The third-order valence-electron chi connectivity index (χ3n) is 2.22. The highest BCUT2D eigenvalue weighted by Crippen LogP contribution is 2.24. The number of benzene rings is 1. The number of aromatic hydroxyl groups is 2. The Bertz CT molecular complexity index is 510. The molecule has 0 saturated carbocycles. The highest BCUT2D eigenvalue weighted by atomic mass is 16.5. The van der Waals surface area contributed by atoms with E-state index in [1.54, 1.807) is 13.0 Å². The first kappa shape index (κ1) is 11.4. The van der Waals surface area contributed by atoms with Crippen molar-refractivity contribution in [2.24, 2.45) is 0 Å². The Balaban J connectivity index is 1.87. The molecule has 0 bridgehead atoms. The summed E-state index contributed by atoms with van der Waals surface area (Å²) in [4.78, 5) is 4.04. The van der Waals surface area contributed by atoms with E-state index < -0.39 is 0 Å². The van der Waals surface area contributed by atoms with E-state index in [4.69, 9.17) is 9.63 Å². The number of aromatic nitrogens is 2. The van der Waals surface area contributed by atoms with Gasteiger partial charge in [0.25, 0.3) is 0 Å². The monoisotopic (exact) mass is 235 g/mol. The average molecular weight is 235 g/mol. The molecule has 0 radical (unpaired) electrons. The quantitative estimate of drug-likeness (QED) is 0.687. The molecule has 0 saturated heterocycles. The zero-order valence-electron chi connectivity index (χ0n) is 9.34. The van der Waals surface area contributed by atoms with E-state index in [-0.39, 0.29) is 11.5 Å². The molecule has 0 unspecified atom stereocenters. The van der Waals surface area contributed by atoms with E-state index in [1.807, 2.05) is 0 Å². The Morgan fingerprint density at radius 2 is 2.06 bits per heavy atom. The molecule has 1 aromatic carbocycles. The predicted molar refractivity (Wildman–Crippen MR) is 59.4 cm³/mol. The summed E-state index contributed by atoms with van der Waals surface area (Å²) in [6, 6.07) is 4.68. The van der Waals surface area contributed by atoms with Crippen LogP contribution in [0.4, 0.5) is 0 Å². The summed E-state index contributed by atoms with van der Waals surface area (Å²) in [6.45, 7) is 2.76. The first-order chi connectivity index (χ1) is 8.15. The van der Waals surface area contributed by atoms with Crippen molar-refractivity contribution in [2.75, 3.05) is 0 Å². The van der Waals surface area contributed by atoms with Crippen molar-refractivity contribution >= 4 is 0 Å². The molecule has 1 aromatic heterocycles. The zero-order chi connectivity index (χ0) is 12.3. The second-order valence-corrected chi connectivity index (χ2v) is 3.66. The van der Waals surface area contributed by atoms with E-state index >= 15 is 0 Å². The Kier molecular flexibility index (Phi) is 3.24.